The minimum Gasteiger partial charge on any atom is -0.394 e. The monoisotopic (exact) mass is 686 g/mol. The number of Topliss-reactive ketones (excluding diaryl/α,β-unsaturated/α-hetero) is 2. The van der Waals surface area contributed by atoms with Gasteiger partial charge in [-0.15, -0.1) is 0 Å². The summed E-state index contributed by atoms with van der Waals surface area (Å²) in [5.41, 5.74) is 0. The normalized spacial score (nSPS) is 41.1. The molecular formula is C29H50O18. The van der Waals surface area contributed by atoms with Crippen molar-refractivity contribution in [2.24, 2.45) is 0 Å². The third kappa shape index (κ3) is 10.6. The number of hydrogen-bond acceptors (Lipinski definition) is 18. The molecular weight excluding hydrogens is 636 g/mol. The number of aliphatic hydroxyl groups excluding tert-OH is 10. The number of hydrogen-bond donors (Lipinski definition) is 10. The predicted octanol–water partition coefficient (Wildman–Crippen LogP) is -4.66. The molecule has 10 N–H and O–H groups in total. The average molecular weight is 687 g/mol. The first-order valence-corrected chi connectivity index (χ1v) is 15.9. The van der Waals surface area contributed by atoms with Gasteiger partial charge in [0.15, 0.2) is 18.9 Å². The van der Waals surface area contributed by atoms with Crippen LogP contribution in [0.3, 0.4) is 0 Å². The third-order valence-electron chi connectivity index (χ3n) is 8.38. The molecule has 3 aliphatic rings. The van der Waals surface area contributed by atoms with Crippen LogP contribution in [0, 0.1) is 0 Å². The first-order chi connectivity index (χ1) is 22.3. The van der Waals surface area contributed by atoms with E-state index >= 15 is 0 Å². The highest BCUT2D eigenvalue weighted by atomic mass is 16.7. The Morgan fingerprint density at radius 3 is 1.62 bits per heavy atom. The standard InChI is InChI=1S/C29H50O18/c1-2-5-13(32)6-3-7-14(33)8-4-9-42-28-25(41)26(47-29-24(40)22(38)19(35)16(11-31)45-29)20(36)17(46-28)12-43-27-23(39)21(37)18(34)15(10-30)44-27/h15-31,34-41H,2-12H2,1H3/t15-,16-,17-,18-,19-,20-,21+,22+,23+,24+,25-,26+,27+,28+,29-/m1/s1. The van der Waals surface area contributed by atoms with Gasteiger partial charge in [-0.25, -0.2) is 0 Å². The fourth-order valence-corrected chi connectivity index (χ4v) is 5.55. The molecule has 18 heteroatoms. The highest BCUT2D eigenvalue weighted by molar-refractivity contribution is 5.81. The summed E-state index contributed by atoms with van der Waals surface area (Å²) in [4.78, 5) is 23.9. The van der Waals surface area contributed by atoms with E-state index in [-0.39, 0.29) is 37.4 Å². The van der Waals surface area contributed by atoms with Crippen molar-refractivity contribution in [2.45, 2.75) is 144 Å². The molecule has 0 amide bonds. The summed E-state index contributed by atoms with van der Waals surface area (Å²) in [7, 11) is 0. The predicted molar refractivity (Wildman–Crippen MR) is 153 cm³/mol. The Morgan fingerprint density at radius 1 is 0.553 bits per heavy atom. The van der Waals surface area contributed by atoms with Crippen LogP contribution in [0.1, 0.15) is 51.9 Å². The van der Waals surface area contributed by atoms with Crippen molar-refractivity contribution < 1.29 is 89.1 Å². The van der Waals surface area contributed by atoms with Crippen LogP contribution in [-0.4, -0.2) is 181 Å². The molecule has 0 aromatic heterocycles. The number of carbonyl (C=O) groups is 2. The van der Waals surface area contributed by atoms with Crippen molar-refractivity contribution in [1.29, 1.82) is 0 Å². The lowest BCUT2D eigenvalue weighted by molar-refractivity contribution is -0.366. The third-order valence-corrected chi connectivity index (χ3v) is 8.38. The molecule has 0 radical (unpaired) electrons. The largest absolute Gasteiger partial charge is 0.394 e. The van der Waals surface area contributed by atoms with Crippen LogP contribution in [0.4, 0.5) is 0 Å². The van der Waals surface area contributed by atoms with Crippen molar-refractivity contribution in [3.63, 3.8) is 0 Å². The maximum atomic E-state index is 12.3. The maximum absolute atomic E-state index is 12.3. The van der Waals surface area contributed by atoms with Crippen LogP contribution in [0.25, 0.3) is 0 Å². The summed E-state index contributed by atoms with van der Waals surface area (Å²) in [6, 6.07) is 0. The minimum absolute atomic E-state index is 0.0898. The molecule has 18 nitrogen and oxygen atoms in total. The molecule has 0 spiro atoms. The number of aliphatic hydroxyl groups is 10. The summed E-state index contributed by atoms with van der Waals surface area (Å²) in [6.45, 7) is -0.288. The van der Waals surface area contributed by atoms with Gasteiger partial charge >= 0.3 is 0 Å². The highest BCUT2D eigenvalue weighted by Gasteiger charge is 2.52. The second kappa shape index (κ2) is 19.2. The first-order valence-electron chi connectivity index (χ1n) is 15.9. The second-order valence-electron chi connectivity index (χ2n) is 12.0. The summed E-state index contributed by atoms with van der Waals surface area (Å²) in [5.74, 6) is 0.00730. The van der Waals surface area contributed by atoms with E-state index in [1.807, 2.05) is 6.92 Å². The zero-order valence-corrected chi connectivity index (χ0v) is 26.2. The van der Waals surface area contributed by atoms with Crippen LogP contribution in [0.5, 0.6) is 0 Å². The zero-order valence-electron chi connectivity index (χ0n) is 26.2. The molecule has 274 valence electrons. The average Bonchev–Trinajstić information content (AvgIpc) is 3.05. The number of rotatable bonds is 18. The molecule has 47 heavy (non-hydrogen) atoms. The van der Waals surface area contributed by atoms with Crippen LogP contribution in [0.2, 0.25) is 0 Å². The van der Waals surface area contributed by atoms with Crippen molar-refractivity contribution >= 4 is 11.6 Å². The summed E-state index contributed by atoms with van der Waals surface area (Å²) in [5, 5.41) is 102. The van der Waals surface area contributed by atoms with Crippen molar-refractivity contribution in [2.75, 3.05) is 26.4 Å². The molecule has 0 bridgehead atoms. The van der Waals surface area contributed by atoms with Gasteiger partial charge in [0, 0.05) is 25.7 Å². The minimum atomic E-state index is -1.87. The topological polar surface area (TPSA) is 292 Å². The van der Waals surface area contributed by atoms with E-state index in [9.17, 15) is 60.7 Å². The fourth-order valence-electron chi connectivity index (χ4n) is 5.55. The summed E-state index contributed by atoms with van der Waals surface area (Å²) >= 11 is 0. The summed E-state index contributed by atoms with van der Waals surface area (Å²) in [6.07, 6.45) is -22.2. The van der Waals surface area contributed by atoms with E-state index in [4.69, 9.17) is 28.4 Å². The Hall–Kier alpha value is -1.30. The van der Waals surface area contributed by atoms with Crippen LogP contribution in [-0.2, 0) is 38.0 Å². The van der Waals surface area contributed by atoms with Crippen molar-refractivity contribution in [3.8, 4) is 0 Å². The lowest BCUT2D eigenvalue weighted by Gasteiger charge is -2.46. The van der Waals surface area contributed by atoms with E-state index in [1.54, 1.807) is 0 Å². The van der Waals surface area contributed by atoms with Gasteiger partial charge in [-0.3, -0.25) is 9.59 Å². The molecule has 3 fully saturated rings. The SMILES string of the molecule is CCCC(=O)CCCC(=O)CCCO[C@H]1O[C@H](CO[C@H]2O[C@H](CO)[C@@H](O)[C@H](O)[C@@H]2O)[C@@H](O)[C@H](O[C@H]2O[C@H](CO)[C@@H](O)[C@H](O)[C@@H]2O)[C@H]1O. The van der Waals surface area contributed by atoms with Gasteiger partial charge in [-0.05, 0) is 19.3 Å². The van der Waals surface area contributed by atoms with E-state index in [0.717, 1.165) is 6.42 Å². The van der Waals surface area contributed by atoms with Gasteiger partial charge in [0.25, 0.3) is 0 Å². The van der Waals surface area contributed by atoms with Gasteiger partial charge in [0.1, 0.15) is 84.8 Å². The van der Waals surface area contributed by atoms with Crippen molar-refractivity contribution in [1.82, 2.24) is 0 Å². The zero-order chi connectivity index (χ0) is 34.8. The first kappa shape index (κ1) is 40.1. The Balaban J connectivity index is 1.66. The second-order valence-corrected chi connectivity index (χ2v) is 12.0. The molecule has 0 unspecified atom stereocenters. The molecule has 0 aromatic rings. The van der Waals surface area contributed by atoms with Crippen LogP contribution >= 0.6 is 0 Å². The quantitative estimate of drug-likeness (QED) is 0.0606. The molecule has 0 aromatic carbocycles. The smallest absolute Gasteiger partial charge is 0.187 e. The number of carbonyl (C=O) groups excluding carboxylic acids is 2. The number of ether oxygens (including phenoxy) is 6. The molecule has 0 aliphatic carbocycles. The Labute approximate surface area is 271 Å². The molecule has 3 heterocycles. The van der Waals surface area contributed by atoms with Gasteiger partial charge < -0.3 is 79.5 Å². The van der Waals surface area contributed by atoms with Gasteiger partial charge in [-0.1, -0.05) is 6.92 Å². The molecule has 3 aliphatic heterocycles. The van der Waals surface area contributed by atoms with E-state index in [1.165, 1.54) is 0 Å². The van der Waals surface area contributed by atoms with Gasteiger partial charge in [-0.2, -0.15) is 0 Å². The lowest BCUT2D eigenvalue weighted by atomic mass is 9.96. The van der Waals surface area contributed by atoms with Gasteiger partial charge in [0.2, 0.25) is 0 Å². The number of ketones is 2. The van der Waals surface area contributed by atoms with Crippen molar-refractivity contribution in [3.05, 3.63) is 0 Å². The maximum Gasteiger partial charge on any atom is 0.187 e. The van der Waals surface area contributed by atoms with E-state index in [0.29, 0.717) is 19.3 Å². The fraction of sp³-hybridized carbons (Fsp3) is 0.931. The lowest BCUT2D eigenvalue weighted by Crippen LogP contribution is -2.65. The van der Waals surface area contributed by atoms with Crippen LogP contribution in [0.15, 0.2) is 0 Å². The van der Waals surface area contributed by atoms with E-state index in [2.05, 4.69) is 0 Å². The molecule has 3 rings (SSSR count). The Kier molecular flexibility index (Phi) is 16.4. The van der Waals surface area contributed by atoms with Gasteiger partial charge in [0.05, 0.1) is 26.4 Å². The molecule has 0 saturated carbocycles. The Morgan fingerprint density at radius 2 is 1.04 bits per heavy atom. The van der Waals surface area contributed by atoms with Crippen LogP contribution < -0.4 is 0 Å². The van der Waals surface area contributed by atoms with E-state index < -0.39 is 112 Å². The highest BCUT2D eigenvalue weighted by Crippen LogP contribution is 2.31. The molecule has 15 atom stereocenters. The molecule has 3 saturated heterocycles. The summed E-state index contributed by atoms with van der Waals surface area (Å²) < 4.78 is 33.2. The Bertz CT molecular complexity index is 952.